The van der Waals surface area contributed by atoms with Crippen LogP contribution in [0.4, 0.5) is 4.79 Å². The zero-order valence-electron chi connectivity index (χ0n) is 14.1. The monoisotopic (exact) mass is 305 g/mol. The third kappa shape index (κ3) is 4.93. The Morgan fingerprint density at radius 1 is 1.36 bits per heavy atom. The van der Waals surface area contributed by atoms with Gasteiger partial charge in [-0.1, -0.05) is 19.1 Å². The van der Waals surface area contributed by atoms with Crippen LogP contribution in [0.5, 0.6) is 5.75 Å². The number of piperidine rings is 1. The van der Waals surface area contributed by atoms with Crippen molar-refractivity contribution in [2.45, 2.75) is 58.7 Å². The maximum Gasteiger partial charge on any atom is 0.410 e. The van der Waals surface area contributed by atoms with Crippen LogP contribution in [0.25, 0.3) is 0 Å². The molecule has 1 fully saturated rings. The molecule has 1 atom stereocenters. The van der Waals surface area contributed by atoms with E-state index >= 15 is 0 Å². The number of hydrogen-bond donors (Lipinski definition) is 0. The summed E-state index contributed by atoms with van der Waals surface area (Å²) in [6, 6.07) is 8.17. The number of nitrogens with zero attached hydrogens (tertiary/aromatic N) is 1. The van der Waals surface area contributed by atoms with Gasteiger partial charge in [0.1, 0.15) is 17.5 Å². The van der Waals surface area contributed by atoms with Crippen molar-refractivity contribution in [3.8, 4) is 5.75 Å². The third-order valence-corrected chi connectivity index (χ3v) is 3.64. The smallest absolute Gasteiger partial charge is 0.410 e. The van der Waals surface area contributed by atoms with Gasteiger partial charge in [0.05, 0.1) is 6.54 Å². The van der Waals surface area contributed by atoms with Crippen molar-refractivity contribution in [3.63, 3.8) is 0 Å². The molecule has 1 amide bonds. The predicted molar refractivity (Wildman–Crippen MR) is 87.3 cm³/mol. The van der Waals surface area contributed by atoms with Crippen LogP contribution in [0.3, 0.4) is 0 Å². The number of ether oxygens (including phenoxy) is 2. The average molecular weight is 305 g/mol. The van der Waals surface area contributed by atoms with Crippen molar-refractivity contribution in [2.75, 3.05) is 13.1 Å². The number of likely N-dealkylation sites (tertiary alicyclic amines) is 1. The van der Waals surface area contributed by atoms with Crippen LogP contribution in [0.2, 0.25) is 0 Å². The Morgan fingerprint density at radius 3 is 2.82 bits per heavy atom. The van der Waals surface area contributed by atoms with Gasteiger partial charge in [-0.25, -0.2) is 4.79 Å². The molecular weight excluding hydrogens is 278 g/mol. The van der Waals surface area contributed by atoms with Crippen LogP contribution in [-0.2, 0) is 11.2 Å². The standard InChI is InChI=1S/C18H27NO3/c1-5-14-8-6-9-15(12-14)21-16-10-7-11-19(13-16)17(20)22-18(2,3)4/h6,8-9,12,16H,5,7,10-11,13H2,1-4H3. The maximum absolute atomic E-state index is 12.2. The van der Waals surface area contributed by atoms with Gasteiger partial charge in [0.15, 0.2) is 0 Å². The van der Waals surface area contributed by atoms with Gasteiger partial charge in [0, 0.05) is 6.54 Å². The second kappa shape index (κ2) is 7.03. The molecule has 1 saturated heterocycles. The van der Waals surface area contributed by atoms with Crippen molar-refractivity contribution in [2.24, 2.45) is 0 Å². The first-order valence-electron chi connectivity index (χ1n) is 8.11. The molecule has 1 aliphatic rings. The van der Waals surface area contributed by atoms with Crippen molar-refractivity contribution in [3.05, 3.63) is 29.8 Å². The fraction of sp³-hybridized carbons (Fsp3) is 0.611. The van der Waals surface area contributed by atoms with Gasteiger partial charge >= 0.3 is 6.09 Å². The van der Waals surface area contributed by atoms with Gasteiger partial charge in [-0.05, 0) is 57.7 Å². The normalized spacial score (nSPS) is 18.9. The lowest BCUT2D eigenvalue weighted by atomic mass is 10.1. The van der Waals surface area contributed by atoms with Gasteiger partial charge < -0.3 is 14.4 Å². The largest absolute Gasteiger partial charge is 0.489 e. The number of benzene rings is 1. The predicted octanol–water partition coefficient (Wildman–Crippen LogP) is 4.03. The van der Waals surface area contributed by atoms with Crippen molar-refractivity contribution >= 4 is 6.09 Å². The zero-order valence-corrected chi connectivity index (χ0v) is 14.1. The topological polar surface area (TPSA) is 38.8 Å². The molecule has 0 radical (unpaired) electrons. The van der Waals surface area contributed by atoms with E-state index in [1.54, 1.807) is 4.90 Å². The molecule has 0 spiro atoms. The van der Waals surface area contributed by atoms with E-state index in [9.17, 15) is 4.79 Å². The van der Waals surface area contributed by atoms with E-state index < -0.39 is 5.60 Å². The van der Waals surface area contributed by atoms with Crippen LogP contribution in [0.1, 0.15) is 46.1 Å². The van der Waals surface area contributed by atoms with E-state index in [1.807, 2.05) is 32.9 Å². The van der Waals surface area contributed by atoms with E-state index in [0.29, 0.717) is 6.54 Å². The highest BCUT2D eigenvalue weighted by atomic mass is 16.6. The molecule has 1 aromatic rings. The number of carbonyl (C=O) groups excluding carboxylic acids is 1. The van der Waals surface area contributed by atoms with Crippen molar-refractivity contribution in [1.29, 1.82) is 0 Å². The number of hydrogen-bond acceptors (Lipinski definition) is 3. The summed E-state index contributed by atoms with van der Waals surface area (Å²) in [5.74, 6) is 0.885. The summed E-state index contributed by atoms with van der Waals surface area (Å²) in [5, 5.41) is 0. The molecule has 0 bridgehead atoms. The first-order chi connectivity index (χ1) is 10.4. The number of aryl methyl sites for hydroxylation is 1. The van der Waals surface area contributed by atoms with Gasteiger partial charge in [0.2, 0.25) is 0 Å². The molecule has 1 aliphatic heterocycles. The first-order valence-corrected chi connectivity index (χ1v) is 8.11. The number of amides is 1. The Morgan fingerprint density at radius 2 is 2.14 bits per heavy atom. The highest BCUT2D eigenvalue weighted by Gasteiger charge is 2.28. The van der Waals surface area contributed by atoms with Crippen molar-refractivity contribution in [1.82, 2.24) is 4.90 Å². The number of carbonyl (C=O) groups is 1. The van der Waals surface area contributed by atoms with Crippen LogP contribution in [0.15, 0.2) is 24.3 Å². The molecule has 1 aromatic carbocycles. The molecule has 1 heterocycles. The molecule has 0 aliphatic carbocycles. The van der Waals surface area contributed by atoms with E-state index in [4.69, 9.17) is 9.47 Å². The van der Waals surface area contributed by atoms with E-state index in [1.165, 1.54) is 5.56 Å². The van der Waals surface area contributed by atoms with Gasteiger partial charge in [-0.15, -0.1) is 0 Å². The summed E-state index contributed by atoms with van der Waals surface area (Å²) in [6.07, 6.45) is 2.69. The molecule has 1 unspecified atom stereocenters. The zero-order chi connectivity index (χ0) is 16.2. The summed E-state index contributed by atoms with van der Waals surface area (Å²) in [5.41, 5.74) is 0.803. The second-order valence-corrected chi connectivity index (χ2v) is 6.81. The molecule has 22 heavy (non-hydrogen) atoms. The fourth-order valence-electron chi connectivity index (χ4n) is 2.56. The van der Waals surface area contributed by atoms with E-state index in [0.717, 1.165) is 31.6 Å². The maximum atomic E-state index is 12.2. The molecule has 2 rings (SSSR count). The van der Waals surface area contributed by atoms with Crippen LogP contribution >= 0.6 is 0 Å². The molecule has 0 saturated carbocycles. The van der Waals surface area contributed by atoms with E-state index in [-0.39, 0.29) is 12.2 Å². The molecule has 0 aromatic heterocycles. The van der Waals surface area contributed by atoms with Crippen LogP contribution < -0.4 is 4.74 Å². The van der Waals surface area contributed by atoms with Gasteiger partial charge in [-0.3, -0.25) is 0 Å². The Kier molecular flexibility index (Phi) is 5.33. The fourth-order valence-corrected chi connectivity index (χ4v) is 2.56. The molecular formula is C18H27NO3. The average Bonchev–Trinajstić information content (AvgIpc) is 2.46. The molecule has 0 N–H and O–H groups in total. The Hall–Kier alpha value is -1.71. The third-order valence-electron chi connectivity index (χ3n) is 3.64. The van der Waals surface area contributed by atoms with E-state index in [2.05, 4.69) is 19.1 Å². The summed E-state index contributed by atoms with van der Waals surface area (Å²) in [7, 11) is 0. The molecule has 4 nitrogen and oxygen atoms in total. The quantitative estimate of drug-likeness (QED) is 0.846. The lowest BCUT2D eigenvalue weighted by Gasteiger charge is -2.34. The summed E-state index contributed by atoms with van der Waals surface area (Å²) in [4.78, 5) is 13.9. The van der Waals surface area contributed by atoms with Gasteiger partial charge in [-0.2, -0.15) is 0 Å². The minimum absolute atomic E-state index is 0.0355. The lowest BCUT2D eigenvalue weighted by molar-refractivity contribution is 0.00775. The van der Waals surface area contributed by atoms with Crippen molar-refractivity contribution < 1.29 is 14.3 Å². The molecule has 122 valence electrons. The minimum atomic E-state index is -0.458. The summed E-state index contributed by atoms with van der Waals surface area (Å²) >= 11 is 0. The van der Waals surface area contributed by atoms with Crippen LogP contribution in [-0.4, -0.2) is 35.8 Å². The highest BCUT2D eigenvalue weighted by molar-refractivity contribution is 5.68. The SMILES string of the molecule is CCc1cccc(OC2CCCN(C(=O)OC(C)(C)C)C2)c1. The Labute approximate surface area is 133 Å². The Bertz CT molecular complexity index is 507. The molecule has 4 heteroatoms. The van der Waals surface area contributed by atoms with Crippen LogP contribution in [0, 0.1) is 0 Å². The minimum Gasteiger partial charge on any atom is -0.489 e. The Balaban J connectivity index is 1.94. The highest BCUT2D eigenvalue weighted by Crippen LogP contribution is 2.21. The number of rotatable bonds is 3. The second-order valence-electron chi connectivity index (χ2n) is 6.81. The summed E-state index contributed by atoms with van der Waals surface area (Å²) < 4.78 is 11.5. The summed E-state index contributed by atoms with van der Waals surface area (Å²) in [6.45, 7) is 9.12. The first kappa shape index (κ1) is 16.7. The van der Waals surface area contributed by atoms with Gasteiger partial charge in [0.25, 0.3) is 0 Å². The lowest BCUT2D eigenvalue weighted by Crippen LogP contribution is -2.46.